The highest BCUT2D eigenvalue weighted by atomic mass is 16.8. The lowest BCUT2D eigenvalue weighted by Gasteiger charge is -2.49. The number of amides is 1. The Labute approximate surface area is 181 Å². The van der Waals surface area contributed by atoms with Crippen LogP contribution in [0.3, 0.4) is 0 Å². The van der Waals surface area contributed by atoms with E-state index in [1.165, 1.54) is 0 Å². The van der Waals surface area contributed by atoms with Crippen LogP contribution in [-0.4, -0.2) is 138 Å². The summed E-state index contributed by atoms with van der Waals surface area (Å²) in [6, 6.07) is -1.44. The zero-order chi connectivity index (χ0) is 24.4. The standard InChI is InChI=1S/C17H29NO14/c1-5(21)18-9-6(22)2-17(16(28)29,31-14(9)10(24)7(23)3-19)32-15-13(27)12(26)11(25)8(4-20)30-15/h6-15,19-20,22-27H,2-4H2,1H3,(H,18,21)(H,28,29)/t6-,7+,8+,9+,10+,11-,12-,13+,14+,15+,17+/m0/s1. The molecular formula is C17H29NO14. The number of carbonyl (C=O) groups excluding carboxylic acids is 1. The van der Waals surface area contributed by atoms with Crippen molar-refractivity contribution in [3.05, 3.63) is 0 Å². The number of aliphatic carboxylic acids is 1. The Morgan fingerprint density at radius 1 is 1.12 bits per heavy atom. The van der Waals surface area contributed by atoms with Crippen molar-refractivity contribution < 1.29 is 69.8 Å². The van der Waals surface area contributed by atoms with Crippen molar-refractivity contribution in [1.29, 1.82) is 0 Å². The Bertz CT molecular complexity index is 663. The summed E-state index contributed by atoms with van der Waals surface area (Å²) in [5.41, 5.74) is 0. The summed E-state index contributed by atoms with van der Waals surface area (Å²) in [6.45, 7) is -0.733. The number of carboxylic acids is 1. The Hall–Kier alpha value is -1.50. The molecule has 0 saturated carbocycles. The molecule has 15 nitrogen and oxygen atoms in total. The average Bonchev–Trinajstić information content (AvgIpc) is 2.74. The molecule has 0 aromatic carbocycles. The number of hydrogen-bond donors (Lipinski definition) is 10. The molecular weight excluding hydrogens is 442 g/mol. The van der Waals surface area contributed by atoms with E-state index in [4.69, 9.17) is 19.3 Å². The predicted molar refractivity (Wildman–Crippen MR) is 97.4 cm³/mol. The molecule has 186 valence electrons. The fourth-order valence-electron chi connectivity index (χ4n) is 3.60. The SMILES string of the molecule is CC(=O)N[C@H]1[C@H]([C@H](O)[C@H](O)CO)O[C@](O[C@H]2O[C@H](CO)[C@H](O)[C@H](O)[C@H]2O)(C(=O)O)C[C@@H]1O. The molecule has 2 aliphatic heterocycles. The third kappa shape index (κ3) is 5.35. The van der Waals surface area contributed by atoms with Crippen molar-refractivity contribution in [1.82, 2.24) is 5.32 Å². The van der Waals surface area contributed by atoms with Gasteiger partial charge in [0.05, 0.1) is 25.4 Å². The quantitative estimate of drug-likeness (QED) is 0.158. The van der Waals surface area contributed by atoms with Gasteiger partial charge in [0.1, 0.15) is 42.7 Å². The lowest BCUT2D eigenvalue weighted by atomic mass is 9.88. The van der Waals surface area contributed by atoms with Gasteiger partial charge in [0, 0.05) is 13.3 Å². The van der Waals surface area contributed by atoms with Gasteiger partial charge in [-0.15, -0.1) is 0 Å². The molecule has 2 fully saturated rings. The molecule has 0 radical (unpaired) electrons. The molecule has 11 atom stereocenters. The van der Waals surface area contributed by atoms with E-state index in [2.05, 4.69) is 5.32 Å². The highest BCUT2D eigenvalue weighted by Gasteiger charge is 2.58. The summed E-state index contributed by atoms with van der Waals surface area (Å²) in [5.74, 6) is -5.40. The van der Waals surface area contributed by atoms with Crippen molar-refractivity contribution in [3.63, 3.8) is 0 Å². The Balaban J connectivity index is 2.39. The average molecular weight is 471 g/mol. The summed E-state index contributed by atoms with van der Waals surface area (Å²) in [7, 11) is 0. The van der Waals surface area contributed by atoms with Crippen LogP contribution in [0, 0.1) is 0 Å². The first-order chi connectivity index (χ1) is 14.9. The van der Waals surface area contributed by atoms with E-state index in [0.717, 1.165) is 6.92 Å². The first kappa shape index (κ1) is 26.7. The maximum Gasteiger partial charge on any atom is 0.364 e. The summed E-state index contributed by atoms with van der Waals surface area (Å²) in [6.07, 6.45) is -17.4. The second-order valence-corrected chi connectivity index (χ2v) is 7.69. The molecule has 2 heterocycles. The second kappa shape index (κ2) is 10.6. The van der Waals surface area contributed by atoms with Crippen LogP contribution >= 0.6 is 0 Å². The Morgan fingerprint density at radius 2 is 1.75 bits per heavy atom. The molecule has 0 unspecified atom stereocenters. The number of nitrogens with one attached hydrogen (secondary N) is 1. The number of ether oxygens (including phenoxy) is 3. The Morgan fingerprint density at radius 3 is 2.25 bits per heavy atom. The molecule has 32 heavy (non-hydrogen) atoms. The number of carbonyl (C=O) groups is 2. The van der Waals surface area contributed by atoms with Gasteiger partial charge in [-0.2, -0.15) is 0 Å². The topological polar surface area (TPSA) is 256 Å². The van der Waals surface area contributed by atoms with Crippen LogP contribution in [0.4, 0.5) is 0 Å². The van der Waals surface area contributed by atoms with E-state index in [1.807, 2.05) is 0 Å². The van der Waals surface area contributed by atoms with Gasteiger partial charge in [-0.25, -0.2) is 4.79 Å². The number of aliphatic hydroxyl groups is 8. The van der Waals surface area contributed by atoms with Crippen LogP contribution in [0.1, 0.15) is 13.3 Å². The number of aliphatic hydroxyl groups excluding tert-OH is 8. The summed E-state index contributed by atoms with van der Waals surface area (Å²) < 4.78 is 15.7. The van der Waals surface area contributed by atoms with Crippen molar-refractivity contribution in [2.75, 3.05) is 13.2 Å². The predicted octanol–water partition coefficient (Wildman–Crippen LogP) is -6.05. The molecule has 0 aromatic rings. The van der Waals surface area contributed by atoms with Crippen LogP contribution in [-0.2, 0) is 23.8 Å². The van der Waals surface area contributed by atoms with Crippen molar-refractivity contribution in [3.8, 4) is 0 Å². The number of carboxylic acid groups (broad SMARTS) is 1. The highest BCUT2D eigenvalue weighted by Crippen LogP contribution is 2.36. The van der Waals surface area contributed by atoms with E-state index in [0.29, 0.717) is 0 Å². The monoisotopic (exact) mass is 471 g/mol. The third-order valence-corrected chi connectivity index (χ3v) is 5.34. The van der Waals surface area contributed by atoms with Gasteiger partial charge in [-0.3, -0.25) is 4.79 Å². The molecule has 2 rings (SSSR count). The lowest BCUT2D eigenvalue weighted by Crippen LogP contribution is -2.69. The minimum Gasteiger partial charge on any atom is -0.477 e. The maximum absolute atomic E-state index is 12.1. The van der Waals surface area contributed by atoms with E-state index in [1.54, 1.807) is 0 Å². The van der Waals surface area contributed by atoms with Crippen molar-refractivity contribution in [2.24, 2.45) is 0 Å². The normalized spacial score (nSPS) is 42.2. The fourth-order valence-corrected chi connectivity index (χ4v) is 3.60. The van der Waals surface area contributed by atoms with Gasteiger partial charge in [0.15, 0.2) is 6.29 Å². The third-order valence-electron chi connectivity index (χ3n) is 5.34. The van der Waals surface area contributed by atoms with Crippen LogP contribution in [0.2, 0.25) is 0 Å². The van der Waals surface area contributed by atoms with E-state index in [9.17, 15) is 50.4 Å². The largest absolute Gasteiger partial charge is 0.477 e. The van der Waals surface area contributed by atoms with Gasteiger partial charge in [-0.05, 0) is 0 Å². The van der Waals surface area contributed by atoms with Gasteiger partial charge >= 0.3 is 5.97 Å². The van der Waals surface area contributed by atoms with Crippen molar-refractivity contribution >= 4 is 11.9 Å². The van der Waals surface area contributed by atoms with Crippen LogP contribution in [0.25, 0.3) is 0 Å². The maximum atomic E-state index is 12.1. The minimum absolute atomic E-state index is 0.689. The summed E-state index contributed by atoms with van der Waals surface area (Å²) in [5, 5.41) is 91.0. The molecule has 15 heteroatoms. The van der Waals surface area contributed by atoms with Gasteiger partial charge in [0.2, 0.25) is 5.91 Å². The molecule has 1 amide bonds. The zero-order valence-electron chi connectivity index (χ0n) is 17.0. The molecule has 0 aromatic heterocycles. The molecule has 2 aliphatic rings. The Kier molecular flexibility index (Phi) is 8.88. The van der Waals surface area contributed by atoms with Gasteiger partial charge < -0.3 is 65.5 Å². The first-order valence-corrected chi connectivity index (χ1v) is 9.70. The van der Waals surface area contributed by atoms with Gasteiger partial charge in [0.25, 0.3) is 5.79 Å². The van der Waals surface area contributed by atoms with Crippen LogP contribution < -0.4 is 5.32 Å². The second-order valence-electron chi connectivity index (χ2n) is 7.69. The van der Waals surface area contributed by atoms with E-state index >= 15 is 0 Å². The smallest absolute Gasteiger partial charge is 0.364 e. The zero-order valence-corrected chi connectivity index (χ0v) is 17.0. The number of hydrogen-bond acceptors (Lipinski definition) is 13. The van der Waals surface area contributed by atoms with E-state index < -0.39 is 98.5 Å². The summed E-state index contributed by atoms with van der Waals surface area (Å²) >= 11 is 0. The minimum atomic E-state index is -2.84. The first-order valence-electron chi connectivity index (χ1n) is 9.70. The van der Waals surface area contributed by atoms with Crippen LogP contribution in [0.15, 0.2) is 0 Å². The summed E-state index contributed by atoms with van der Waals surface area (Å²) in [4.78, 5) is 23.6. The fraction of sp³-hybridized carbons (Fsp3) is 0.882. The highest BCUT2D eigenvalue weighted by molar-refractivity contribution is 5.76. The van der Waals surface area contributed by atoms with Crippen LogP contribution in [0.5, 0.6) is 0 Å². The number of rotatable bonds is 8. The molecule has 10 N–H and O–H groups in total. The van der Waals surface area contributed by atoms with E-state index in [-0.39, 0.29) is 0 Å². The molecule has 0 spiro atoms. The lowest BCUT2D eigenvalue weighted by molar-refractivity contribution is -0.387. The molecule has 0 bridgehead atoms. The molecule has 0 aliphatic carbocycles. The van der Waals surface area contributed by atoms with Crippen molar-refractivity contribution in [2.45, 2.75) is 80.3 Å². The van der Waals surface area contributed by atoms with Gasteiger partial charge in [-0.1, -0.05) is 0 Å². The molecule has 2 saturated heterocycles.